The molecule has 4 atom stereocenters. The molecule has 162 valence electrons. The van der Waals surface area contributed by atoms with E-state index in [1.165, 1.54) is 0 Å². The van der Waals surface area contributed by atoms with Crippen LogP contribution in [0, 0.1) is 5.92 Å². The largest absolute Gasteiger partial charge is 0.348 e. The zero-order chi connectivity index (χ0) is 22.2. The second-order valence-corrected chi connectivity index (χ2v) is 9.02. The SMILES string of the molecule is C=C/C=C(\N=C)C(C)NC(=O)[C@@H]1CCC(c2ccccc2)N(S(=O)c2ccccc2)C1. The number of hydrogen-bond acceptors (Lipinski definition) is 3. The van der Waals surface area contributed by atoms with Crippen molar-refractivity contribution in [3.05, 3.63) is 90.7 Å². The maximum absolute atomic E-state index is 13.5. The van der Waals surface area contributed by atoms with Crippen LogP contribution >= 0.6 is 0 Å². The van der Waals surface area contributed by atoms with Gasteiger partial charge >= 0.3 is 0 Å². The monoisotopic (exact) mass is 435 g/mol. The van der Waals surface area contributed by atoms with Crippen LogP contribution in [-0.2, 0) is 15.8 Å². The first-order valence-corrected chi connectivity index (χ1v) is 11.5. The fourth-order valence-electron chi connectivity index (χ4n) is 3.88. The molecule has 0 radical (unpaired) electrons. The number of nitrogens with zero attached hydrogens (tertiary/aromatic N) is 2. The molecular weight excluding hydrogens is 406 g/mol. The highest BCUT2D eigenvalue weighted by atomic mass is 32.2. The van der Waals surface area contributed by atoms with Crippen LogP contribution in [0.3, 0.4) is 0 Å². The molecular formula is C25H29N3O2S. The smallest absolute Gasteiger partial charge is 0.224 e. The summed E-state index contributed by atoms with van der Waals surface area (Å²) in [5, 5.41) is 3.02. The molecule has 2 aromatic carbocycles. The van der Waals surface area contributed by atoms with E-state index in [4.69, 9.17) is 0 Å². The Morgan fingerprint density at radius 2 is 1.81 bits per heavy atom. The molecule has 0 bridgehead atoms. The van der Waals surface area contributed by atoms with Gasteiger partial charge < -0.3 is 5.32 Å². The van der Waals surface area contributed by atoms with Crippen molar-refractivity contribution in [2.75, 3.05) is 6.54 Å². The predicted octanol–water partition coefficient (Wildman–Crippen LogP) is 4.44. The summed E-state index contributed by atoms with van der Waals surface area (Å²) < 4.78 is 15.4. The van der Waals surface area contributed by atoms with Crippen molar-refractivity contribution in [3.63, 3.8) is 0 Å². The van der Waals surface area contributed by atoms with Gasteiger partial charge in [0.2, 0.25) is 5.91 Å². The third kappa shape index (κ3) is 5.66. The van der Waals surface area contributed by atoms with Crippen LogP contribution in [0.15, 0.2) is 95.0 Å². The van der Waals surface area contributed by atoms with Crippen molar-refractivity contribution in [2.45, 2.75) is 36.7 Å². The Morgan fingerprint density at radius 3 is 2.42 bits per heavy atom. The third-order valence-corrected chi connectivity index (χ3v) is 7.03. The van der Waals surface area contributed by atoms with Gasteiger partial charge in [0.05, 0.1) is 22.6 Å². The zero-order valence-corrected chi connectivity index (χ0v) is 18.6. The van der Waals surface area contributed by atoms with E-state index in [-0.39, 0.29) is 23.9 Å². The highest BCUT2D eigenvalue weighted by Gasteiger charge is 2.36. The van der Waals surface area contributed by atoms with Gasteiger partial charge in [0.1, 0.15) is 11.0 Å². The first-order chi connectivity index (χ1) is 15.0. The van der Waals surface area contributed by atoms with E-state index in [1.54, 1.807) is 12.2 Å². The van der Waals surface area contributed by atoms with Crippen LogP contribution in [-0.4, -0.2) is 33.7 Å². The number of amides is 1. The third-order valence-electron chi connectivity index (χ3n) is 5.52. The number of allylic oxidation sites excluding steroid dienone is 2. The number of rotatable bonds is 8. The fourth-order valence-corrected chi connectivity index (χ4v) is 5.31. The standard InChI is InChI=1S/C25H29N3O2S/c1-4-11-23(26-3)19(2)27-25(29)21-16-17-24(20-12-7-5-8-13-20)28(18-21)31(30)22-14-9-6-10-15-22/h4-15,19,21,24H,1,3,16-18H2,2H3,(H,27,29)/b23-11-/t19?,21-,24?,31?/m1/s1. The molecule has 6 heteroatoms. The Labute approximate surface area is 187 Å². The minimum atomic E-state index is -1.36. The minimum Gasteiger partial charge on any atom is -0.348 e. The average Bonchev–Trinajstić information content (AvgIpc) is 2.82. The fraction of sp³-hybridized carbons (Fsp3) is 0.280. The minimum absolute atomic E-state index is 0.00484. The van der Waals surface area contributed by atoms with Gasteiger partial charge in [-0.25, -0.2) is 8.51 Å². The summed E-state index contributed by atoms with van der Waals surface area (Å²) in [7, 11) is -1.36. The molecule has 1 amide bonds. The van der Waals surface area contributed by atoms with Gasteiger partial charge in [-0.3, -0.25) is 9.79 Å². The predicted molar refractivity (Wildman–Crippen MR) is 127 cm³/mol. The molecule has 0 spiro atoms. The lowest BCUT2D eigenvalue weighted by Crippen LogP contribution is -2.47. The molecule has 0 saturated carbocycles. The number of nitrogens with one attached hydrogen (secondary N) is 1. The van der Waals surface area contributed by atoms with Crippen molar-refractivity contribution < 1.29 is 9.00 Å². The molecule has 1 saturated heterocycles. The van der Waals surface area contributed by atoms with Gasteiger partial charge in [-0.15, -0.1) is 0 Å². The number of hydrogen-bond donors (Lipinski definition) is 1. The molecule has 31 heavy (non-hydrogen) atoms. The second kappa shape index (κ2) is 11.0. The van der Waals surface area contributed by atoms with E-state index in [9.17, 15) is 9.00 Å². The number of piperidine rings is 1. The van der Waals surface area contributed by atoms with Gasteiger partial charge in [0, 0.05) is 12.6 Å². The zero-order valence-electron chi connectivity index (χ0n) is 17.8. The number of benzene rings is 2. The topological polar surface area (TPSA) is 61.8 Å². The molecule has 3 unspecified atom stereocenters. The maximum Gasteiger partial charge on any atom is 0.224 e. The van der Waals surface area contributed by atoms with Gasteiger partial charge in [-0.1, -0.05) is 61.2 Å². The summed E-state index contributed by atoms with van der Waals surface area (Å²) in [5.74, 6) is -0.322. The van der Waals surface area contributed by atoms with E-state index in [2.05, 4.69) is 35.7 Å². The summed E-state index contributed by atoms with van der Waals surface area (Å²) in [5.41, 5.74) is 1.78. The Hall–Kier alpha value is -2.83. The first-order valence-electron chi connectivity index (χ1n) is 10.4. The normalized spacial score (nSPS) is 21.6. The molecule has 2 aromatic rings. The molecule has 0 aromatic heterocycles. The molecule has 5 nitrogen and oxygen atoms in total. The van der Waals surface area contributed by atoms with Crippen LogP contribution in [0.2, 0.25) is 0 Å². The average molecular weight is 436 g/mol. The van der Waals surface area contributed by atoms with Gasteiger partial charge in [-0.05, 0) is 50.3 Å². The lowest BCUT2D eigenvalue weighted by atomic mass is 9.90. The number of carbonyl (C=O) groups excluding carboxylic acids is 1. The van der Waals surface area contributed by atoms with Crippen molar-refractivity contribution in [3.8, 4) is 0 Å². The van der Waals surface area contributed by atoms with E-state index >= 15 is 0 Å². The number of carbonyl (C=O) groups is 1. The molecule has 1 heterocycles. The Bertz CT molecular complexity index is 959. The summed E-state index contributed by atoms with van der Waals surface area (Å²) in [6, 6.07) is 19.2. The second-order valence-electron chi connectivity index (χ2n) is 7.58. The van der Waals surface area contributed by atoms with E-state index in [0.717, 1.165) is 23.3 Å². The molecule has 1 aliphatic rings. The van der Waals surface area contributed by atoms with Crippen LogP contribution in [0.4, 0.5) is 0 Å². The van der Waals surface area contributed by atoms with Gasteiger partial charge in [-0.2, -0.15) is 0 Å². The van der Waals surface area contributed by atoms with E-state index in [0.29, 0.717) is 12.2 Å². The Kier molecular flexibility index (Phi) is 8.09. The first kappa shape index (κ1) is 22.8. The van der Waals surface area contributed by atoms with Crippen molar-refractivity contribution >= 4 is 23.6 Å². The van der Waals surface area contributed by atoms with Crippen LogP contribution in [0.25, 0.3) is 0 Å². The summed E-state index contributed by atoms with van der Waals surface area (Å²) in [6.07, 6.45) is 4.84. The van der Waals surface area contributed by atoms with E-state index in [1.807, 2.05) is 59.8 Å². The molecule has 1 aliphatic heterocycles. The molecule has 0 aliphatic carbocycles. The molecule has 1 N–H and O–H groups in total. The lowest BCUT2D eigenvalue weighted by molar-refractivity contribution is -0.126. The molecule has 1 fully saturated rings. The highest BCUT2D eigenvalue weighted by molar-refractivity contribution is 7.82. The van der Waals surface area contributed by atoms with Crippen LogP contribution < -0.4 is 5.32 Å². The quantitative estimate of drug-likeness (QED) is 0.492. The summed E-state index contributed by atoms with van der Waals surface area (Å²) in [4.78, 5) is 17.7. The summed E-state index contributed by atoms with van der Waals surface area (Å²) in [6.45, 7) is 9.54. The van der Waals surface area contributed by atoms with Gasteiger partial charge in [0.15, 0.2) is 0 Å². The van der Waals surface area contributed by atoms with Crippen molar-refractivity contribution in [1.29, 1.82) is 0 Å². The maximum atomic E-state index is 13.5. The Balaban J connectivity index is 1.81. The van der Waals surface area contributed by atoms with E-state index < -0.39 is 11.0 Å². The van der Waals surface area contributed by atoms with Crippen molar-refractivity contribution in [2.24, 2.45) is 10.9 Å². The lowest BCUT2D eigenvalue weighted by Gasteiger charge is -2.38. The summed E-state index contributed by atoms with van der Waals surface area (Å²) >= 11 is 0. The highest BCUT2D eigenvalue weighted by Crippen LogP contribution is 2.36. The van der Waals surface area contributed by atoms with Crippen LogP contribution in [0.1, 0.15) is 31.4 Å². The van der Waals surface area contributed by atoms with Gasteiger partial charge in [0.25, 0.3) is 0 Å². The van der Waals surface area contributed by atoms with Crippen LogP contribution in [0.5, 0.6) is 0 Å². The number of aliphatic imine (C=N–C) groups is 1. The Morgan fingerprint density at radius 1 is 1.16 bits per heavy atom. The molecule has 3 rings (SSSR count). The van der Waals surface area contributed by atoms with Crippen molar-refractivity contribution in [1.82, 2.24) is 9.62 Å².